The molecule has 2 aromatic carbocycles. The molecular formula is C15H12BrFN2O2. The van der Waals surface area contributed by atoms with Crippen LogP contribution >= 0.6 is 15.9 Å². The number of hydrogen-bond donors (Lipinski definition) is 2. The number of carbonyl (C=O) groups excluding carboxylic acids is 2. The quantitative estimate of drug-likeness (QED) is 0.836. The number of nitrogens with one attached hydrogen (secondary N) is 2. The van der Waals surface area contributed by atoms with E-state index >= 15 is 0 Å². The molecule has 0 spiro atoms. The predicted molar refractivity (Wildman–Crippen MR) is 81.0 cm³/mol. The molecule has 0 bridgehead atoms. The minimum absolute atomic E-state index is 0.155. The van der Waals surface area contributed by atoms with Crippen molar-refractivity contribution >= 4 is 33.4 Å². The Labute approximate surface area is 129 Å². The summed E-state index contributed by atoms with van der Waals surface area (Å²) in [4.78, 5) is 23.4. The first-order valence-corrected chi connectivity index (χ1v) is 6.94. The van der Waals surface area contributed by atoms with E-state index in [1.54, 1.807) is 36.4 Å². The number of para-hydroxylation sites is 1. The summed E-state index contributed by atoms with van der Waals surface area (Å²) in [5.74, 6) is -1.86. The highest BCUT2D eigenvalue weighted by atomic mass is 79.9. The monoisotopic (exact) mass is 350 g/mol. The first-order valence-electron chi connectivity index (χ1n) is 6.14. The number of rotatable bonds is 3. The van der Waals surface area contributed by atoms with E-state index in [0.717, 1.165) is 0 Å². The molecule has 0 aromatic heterocycles. The molecule has 21 heavy (non-hydrogen) atoms. The molecule has 0 saturated carbocycles. The smallest absolute Gasteiger partial charge is 0.313 e. The average Bonchev–Trinajstić information content (AvgIpc) is 2.48. The SMILES string of the molecule is O=C(NCc1ccc(F)cc1)C(=O)Nc1ccccc1Br. The zero-order chi connectivity index (χ0) is 15.2. The van der Waals surface area contributed by atoms with E-state index in [1.807, 2.05) is 0 Å². The van der Waals surface area contributed by atoms with Crippen LogP contribution in [0.15, 0.2) is 53.0 Å². The standard InChI is InChI=1S/C15H12BrFN2O2/c16-12-3-1-2-4-13(12)19-15(21)14(20)18-9-10-5-7-11(17)8-6-10/h1-8H,9H2,(H,18,20)(H,19,21). The largest absolute Gasteiger partial charge is 0.344 e. The predicted octanol–water partition coefficient (Wildman–Crippen LogP) is 2.84. The third-order valence-corrected chi connectivity index (χ3v) is 3.39. The Balaban J connectivity index is 1.90. The second-order valence-electron chi connectivity index (χ2n) is 4.24. The van der Waals surface area contributed by atoms with Crippen LogP contribution in [0.5, 0.6) is 0 Å². The molecule has 0 aliphatic heterocycles. The zero-order valence-corrected chi connectivity index (χ0v) is 12.5. The Morgan fingerprint density at radius 1 is 1.00 bits per heavy atom. The Hall–Kier alpha value is -2.21. The van der Waals surface area contributed by atoms with Gasteiger partial charge in [0.15, 0.2) is 0 Å². The van der Waals surface area contributed by atoms with Crippen molar-refractivity contribution in [2.75, 3.05) is 5.32 Å². The maximum Gasteiger partial charge on any atom is 0.313 e. The van der Waals surface area contributed by atoms with Gasteiger partial charge >= 0.3 is 11.8 Å². The zero-order valence-electron chi connectivity index (χ0n) is 10.9. The van der Waals surface area contributed by atoms with Crippen molar-refractivity contribution in [2.24, 2.45) is 0 Å². The molecule has 0 fully saturated rings. The van der Waals surface area contributed by atoms with Gasteiger partial charge in [-0.25, -0.2) is 4.39 Å². The Bertz CT molecular complexity index is 659. The average molecular weight is 351 g/mol. The molecule has 0 aliphatic carbocycles. The van der Waals surface area contributed by atoms with E-state index < -0.39 is 11.8 Å². The van der Waals surface area contributed by atoms with Crippen LogP contribution in [-0.2, 0) is 16.1 Å². The van der Waals surface area contributed by atoms with Crippen LogP contribution in [0.4, 0.5) is 10.1 Å². The number of hydrogen-bond acceptors (Lipinski definition) is 2. The Morgan fingerprint density at radius 3 is 2.33 bits per heavy atom. The molecule has 2 aromatic rings. The highest BCUT2D eigenvalue weighted by Crippen LogP contribution is 2.20. The maximum atomic E-state index is 12.7. The molecule has 108 valence electrons. The van der Waals surface area contributed by atoms with E-state index in [2.05, 4.69) is 26.6 Å². The van der Waals surface area contributed by atoms with Crippen molar-refractivity contribution in [3.8, 4) is 0 Å². The number of carbonyl (C=O) groups is 2. The van der Waals surface area contributed by atoms with Gasteiger partial charge in [0.2, 0.25) is 0 Å². The fourth-order valence-corrected chi connectivity index (χ4v) is 1.99. The van der Waals surface area contributed by atoms with Crippen LogP contribution in [-0.4, -0.2) is 11.8 Å². The minimum atomic E-state index is -0.760. The van der Waals surface area contributed by atoms with Gasteiger partial charge in [-0.15, -0.1) is 0 Å². The number of benzene rings is 2. The van der Waals surface area contributed by atoms with Gasteiger partial charge < -0.3 is 10.6 Å². The molecule has 0 saturated heterocycles. The minimum Gasteiger partial charge on any atom is -0.344 e. The van der Waals surface area contributed by atoms with Crippen molar-refractivity contribution in [2.45, 2.75) is 6.54 Å². The van der Waals surface area contributed by atoms with Crippen LogP contribution in [0.1, 0.15) is 5.56 Å². The summed E-state index contributed by atoms with van der Waals surface area (Å²) in [6, 6.07) is 12.7. The highest BCUT2D eigenvalue weighted by Gasteiger charge is 2.14. The third-order valence-electron chi connectivity index (χ3n) is 2.69. The molecule has 0 unspecified atom stereocenters. The lowest BCUT2D eigenvalue weighted by Gasteiger charge is -2.08. The van der Waals surface area contributed by atoms with Gasteiger partial charge in [0.25, 0.3) is 0 Å². The number of amides is 2. The molecule has 2 N–H and O–H groups in total. The molecule has 2 rings (SSSR count). The summed E-state index contributed by atoms with van der Waals surface area (Å²) in [6.07, 6.45) is 0. The van der Waals surface area contributed by atoms with Crippen molar-refractivity contribution in [3.05, 3.63) is 64.4 Å². The van der Waals surface area contributed by atoms with E-state index in [9.17, 15) is 14.0 Å². The van der Waals surface area contributed by atoms with Crippen molar-refractivity contribution < 1.29 is 14.0 Å². The lowest BCUT2D eigenvalue weighted by Crippen LogP contribution is -2.35. The van der Waals surface area contributed by atoms with Gasteiger partial charge in [-0.3, -0.25) is 9.59 Å². The Kier molecular flexibility index (Phi) is 5.05. The van der Waals surface area contributed by atoms with Gasteiger partial charge in [-0.2, -0.15) is 0 Å². The molecular weight excluding hydrogens is 339 g/mol. The van der Waals surface area contributed by atoms with Crippen LogP contribution in [0.2, 0.25) is 0 Å². The van der Waals surface area contributed by atoms with E-state index in [0.29, 0.717) is 15.7 Å². The second kappa shape index (κ2) is 6.99. The van der Waals surface area contributed by atoms with Crippen LogP contribution < -0.4 is 10.6 Å². The molecule has 6 heteroatoms. The van der Waals surface area contributed by atoms with Crippen LogP contribution in [0, 0.1) is 5.82 Å². The topological polar surface area (TPSA) is 58.2 Å². The van der Waals surface area contributed by atoms with Gasteiger partial charge in [0.1, 0.15) is 5.82 Å². The normalized spacial score (nSPS) is 10.0. The maximum absolute atomic E-state index is 12.7. The van der Waals surface area contributed by atoms with Crippen molar-refractivity contribution in [1.82, 2.24) is 5.32 Å². The van der Waals surface area contributed by atoms with Gasteiger partial charge in [0, 0.05) is 11.0 Å². The Morgan fingerprint density at radius 2 is 1.67 bits per heavy atom. The molecule has 0 radical (unpaired) electrons. The van der Waals surface area contributed by atoms with Crippen LogP contribution in [0.3, 0.4) is 0 Å². The highest BCUT2D eigenvalue weighted by molar-refractivity contribution is 9.10. The lowest BCUT2D eigenvalue weighted by atomic mass is 10.2. The summed E-state index contributed by atoms with van der Waals surface area (Å²) in [5.41, 5.74) is 1.22. The van der Waals surface area contributed by atoms with Gasteiger partial charge in [0.05, 0.1) is 5.69 Å². The summed E-state index contributed by atoms with van der Waals surface area (Å²) in [6.45, 7) is 0.155. The molecule has 0 aliphatic rings. The van der Waals surface area contributed by atoms with E-state index in [-0.39, 0.29) is 12.4 Å². The third kappa shape index (κ3) is 4.39. The fourth-order valence-electron chi connectivity index (χ4n) is 1.61. The molecule has 0 atom stereocenters. The lowest BCUT2D eigenvalue weighted by molar-refractivity contribution is -0.136. The molecule has 2 amide bonds. The summed E-state index contributed by atoms with van der Waals surface area (Å²) >= 11 is 3.27. The summed E-state index contributed by atoms with van der Waals surface area (Å²) < 4.78 is 13.4. The molecule has 0 heterocycles. The first kappa shape index (κ1) is 15.2. The van der Waals surface area contributed by atoms with Crippen molar-refractivity contribution in [3.63, 3.8) is 0 Å². The second-order valence-corrected chi connectivity index (χ2v) is 5.10. The van der Waals surface area contributed by atoms with Crippen LogP contribution in [0.25, 0.3) is 0 Å². The number of anilines is 1. The fraction of sp³-hybridized carbons (Fsp3) is 0.0667. The van der Waals surface area contributed by atoms with Crippen molar-refractivity contribution in [1.29, 1.82) is 0 Å². The van der Waals surface area contributed by atoms with E-state index in [1.165, 1.54) is 12.1 Å². The summed E-state index contributed by atoms with van der Waals surface area (Å²) in [5, 5.41) is 4.97. The number of halogens is 2. The van der Waals surface area contributed by atoms with Gasteiger partial charge in [-0.1, -0.05) is 24.3 Å². The van der Waals surface area contributed by atoms with Gasteiger partial charge in [-0.05, 0) is 45.8 Å². The van der Waals surface area contributed by atoms with E-state index in [4.69, 9.17) is 0 Å². The molecule has 4 nitrogen and oxygen atoms in total. The first-order chi connectivity index (χ1) is 10.1. The summed E-state index contributed by atoms with van der Waals surface area (Å²) in [7, 11) is 0.